The molecule has 5 nitrogen and oxygen atoms in total. The van der Waals surface area contributed by atoms with E-state index in [1.807, 2.05) is 0 Å². The summed E-state index contributed by atoms with van der Waals surface area (Å²) in [5.74, 6) is -0.0829. The number of hydrogen-bond acceptors (Lipinski definition) is 5. The third-order valence-electron chi connectivity index (χ3n) is 3.10. The van der Waals surface area contributed by atoms with Crippen molar-refractivity contribution < 1.29 is 24.8 Å². The first-order valence-electron chi connectivity index (χ1n) is 5.99. The summed E-state index contributed by atoms with van der Waals surface area (Å²) in [5, 5.41) is 38.6. The maximum absolute atomic E-state index is 10.1. The van der Waals surface area contributed by atoms with Gasteiger partial charge in [-0.2, -0.15) is 0 Å². The summed E-state index contributed by atoms with van der Waals surface area (Å²) < 4.78 is 5.46. The zero-order valence-corrected chi connectivity index (χ0v) is 10.4. The highest BCUT2D eigenvalue weighted by molar-refractivity contribution is 5.92. The van der Waals surface area contributed by atoms with Crippen LogP contribution in [-0.4, -0.2) is 20.4 Å². The Hall–Kier alpha value is -2.82. The molecule has 5 heteroatoms. The summed E-state index contributed by atoms with van der Waals surface area (Å²) in [6, 6.07) is 8.96. The van der Waals surface area contributed by atoms with Gasteiger partial charge in [-0.05, 0) is 17.7 Å². The Balaban J connectivity index is 2.06. The van der Waals surface area contributed by atoms with Crippen molar-refractivity contribution in [3.05, 3.63) is 47.7 Å². The van der Waals surface area contributed by atoms with Gasteiger partial charge in [0.1, 0.15) is 28.2 Å². The van der Waals surface area contributed by atoms with Crippen molar-refractivity contribution in [2.75, 3.05) is 0 Å². The number of phenolic OH excluding ortho intramolecular Hbond substituents is 3. The highest BCUT2D eigenvalue weighted by Crippen LogP contribution is 2.41. The summed E-state index contributed by atoms with van der Waals surface area (Å²) in [7, 11) is 0. The second-order valence-electron chi connectivity index (χ2n) is 4.56. The van der Waals surface area contributed by atoms with Crippen molar-refractivity contribution in [2.24, 2.45) is 0 Å². The van der Waals surface area contributed by atoms with E-state index in [4.69, 9.17) is 4.42 Å². The van der Waals surface area contributed by atoms with E-state index in [9.17, 15) is 20.4 Å². The molecule has 0 amide bonds. The fourth-order valence-electron chi connectivity index (χ4n) is 2.14. The molecule has 0 aliphatic carbocycles. The van der Waals surface area contributed by atoms with Crippen LogP contribution in [-0.2, 0) is 6.42 Å². The number of rotatable bonds is 2. The maximum atomic E-state index is 10.1. The Labute approximate surface area is 114 Å². The van der Waals surface area contributed by atoms with Crippen LogP contribution in [0.15, 0.2) is 40.8 Å². The van der Waals surface area contributed by atoms with Crippen molar-refractivity contribution in [1.82, 2.24) is 0 Å². The molecule has 0 saturated heterocycles. The van der Waals surface area contributed by atoms with E-state index in [0.29, 0.717) is 6.42 Å². The minimum absolute atomic E-state index is 0.139. The summed E-state index contributed by atoms with van der Waals surface area (Å²) >= 11 is 0. The molecule has 0 aliphatic heterocycles. The molecule has 0 fully saturated rings. The monoisotopic (exact) mass is 272 g/mol. The molecule has 102 valence electrons. The van der Waals surface area contributed by atoms with Crippen molar-refractivity contribution in [3.63, 3.8) is 0 Å². The van der Waals surface area contributed by atoms with Crippen LogP contribution < -0.4 is 0 Å². The number of furan rings is 1. The molecule has 0 unspecified atom stereocenters. The molecular formula is C15H12O5. The predicted octanol–water partition coefficient (Wildman–Crippen LogP) is 2.85. The van der Waals surface area contributed by atoms with Gasteiger partial charge in [0.05, 0.1) is 0 Å². The molecule has 0 saturated carbocycles. The van der Waals surface area contributed by atoms with Crippen LogP contribution in [0.3, 0.4) is 0 Å². The number of fused-ring (bicyclic) bond motifs is 1. The zero-order valence-electron chi connectivity index (χ0n) is 10.4. The average Bonchev–Trinajstić information content (AvgIpc) is 2.69. The molecule has 1 heterocycles. The number of aromatic hydroxyl groups is 4. The van der Waals surface area contributed by atoms with Crippen molar-refractivity contribution in [3.8, 4) is 23.0 Å². The molecule has 0 bridgehead atoms. The molecule has 4 N–H and O–H groups in total. The SMILES string of the molecule is Oc1ccc(Cc2oc3cc(O)cc(O)c3c2O)cc1. The van der Waals surface area contributed by atoms with E-state index in [1.54, 1.807) is 24.3 Å². The lowest BCUT2D eigenvalue weighted by atomic mass is 10.1. The molecular weight excluding hydrogens is 260 g/mol. The van der Waals surface area contributed by atoms with Crippen LogP contribution in [0.5, 0.6) is 23.0 Å². The first-order chi connectivity index (χ1) is 9.54. The van der Waals surface area contributed by atoms with E-state index in [0.717, 1.165) is 11.6 Å². The highest BCUT2D eigenvalue weighted by Gasteiger charge is 2.18. The molecule has 0 aliphatic rings. The molecule has 0 atom stereocenters. The second-order valence-corrected chi connectivity index (χ2v) is 4.56. The standard InChI is InChI=1S/C15H12O5/c16-9-3-1-8(2-4-9)5-13-15(19)14-11(18)6-10(17)7-12(14)20-13/h1-4,6-7,16-19H,5H2. The summed E-state index contributed by atoms with van der Waals surface area (Å²) in [6.45, 7) is 0. The van der Waals surface area contributed by atoms with E-state index in [2.05, 4.69) is 0 Å². The topological polar surface area (TPSA) is 94.1 Å². The normalized spacial score (nSPS) is 11.0. The molecule has 3 aromatic rings. The summed E-state index contributed by atoms with van der Waals surface area (Å²) in [6.07, 6.45) is 0.307. The van der Waals surface area contributed by atoms with Gasteiger partial charge in [0.15, 0.2) is 11.5 Å². The largest absolute Gasteiger partial charge is 0.508 e. The van der Waals surface area contributed by atoms with Crippen molar-refractivity contribution in [1.29, 1.82) is 0 Å². The van der Waals surface area contributed by atoms with Crippen LogP contribution in [0, 0.1) is 0 Å². The Morgan fingerprint density at radius 3 is 2.25 bits per heavy atom. The van der Waals surface area contributed by atoms with Crippen molar-refractivity contribution >= 4 is 11.0 Å². The molecule has 2 aromatic carbocycles. The number of phenols is 3. The number of benzene rings is 2. The zero-order chi connectivity index (χ0) is 14.3. The third-order valence-corrected chi connectivity index (χ3v) is 3.10. The molecule has 0 radical (unpaired) electrons. The molecule has 3 rings (SSSR count). The Bertz CT molecular complexity index is 771. The fraction of sp³-hybridized carbons (Fsp3) is 0.0667. The third kappa shape index (κ3) is 1.99. The second kappa shape index (κ2) is 4.38. The van der Waals surface area contributed by atoms with Crippen LogP contribution in [0.4, 0.5) is 0 Å². The van der Waals surface area contributed by atoms with E-state index < -0.39 is 0 Å². The Kier molecular flexibility index (Phi) is 2.68. The molecule has 20 heavy (non-hydrogen) atoms. The van der Waals surface area contributed by atoms with Gasteiger partial charge < -0.3 is 24.8 Å². The lowest BCUT2D eigenvalue weighted by molar-refractivity contribution is 0.442. The summed E-state index contributed by atoms with van der Waals surface area (Å²) in [4.78, 5) is 0. The van der Waals surface area contributed by atoms with E-state index >= 15 is 0 Å². The fourth-order valence-corrected chi connectivity index (χ4v) is 2.14. The van der Waals surface area contributed by atoms with Crippen LogP contribution in [0.2, 0.25) is 0 Å². The highest BCUT2D eigenvalue weighted by atomic mass is 16.4. The summed E-state index contributed by atoms with van der Waals surface area (Å²) in [5.41, 5.74) is 1.05. The average molecular weight is 272 g/mol. The molecule has 1 aromatic heterocycles. The predicted molar refractivity (Wildman–Crippen MR) is 72.1 cm³/mol. The first-order valence-corrected chi connectivity index (χ1v) is 5.99. The van der Waals surface area contributed by atoms with Gasteiger partial charge in [0.2, 0.25) is 0 Å². The Morgan fingerprint density at radius 2 is 1.55 bits per heavy atom. The van der Waals surface area contributed by atoms with Gasteiger partial charge in [-0.1, -0.05) is 12.1 Å². The van der Waals surface area contributed by atoms with E-state index in [-0.39, 0.29) is 39.7 Å². The Morgan fingerprint density at radius 1 is 0.850 bits per heavy atom. The maximum Gasteiger partial charge on any atom is 0.169 e. The number of hydrogen-bond donors (Lipinski definition) is 4. The lowest BCUT2D eigenvalue weighted by Gasteiger charge is -1.99. The van der Waals surface area contributed by atoms with E-state index in [1.165, 1.54) is 6.07 Å². The smallest absolute Gasteiger partial charge is 0.169 e. The van der Waals surface area contributed by atoms with Crippen LogP contribution in [0.25, 0.3) is 11.0 Å². The van der Waals surface area contributed by atoms with Gasteiger partial charge in [-0.3, -0.25) is 0 Å². The van der Waals surface area contributed by atoms with Gasteiger partial charge in [0, 0.05) is 18.6 Å². The van der Waals surface area contributed by atoms with Gasteiger partial charge in [0.25, 0.3) is 0 Å². The van der Waals surface area contributed by atoms with Crippen LogP contribution in [0.1, 0.15) is 11.3 Å². The quantitative estimate of drug-likeness (QED) is 0.575. The van der Waals surface area contributed by atoms with Crippen LogP contribution >= 0.6 is 0 Å². The minimum atomic E-state index is -0.238. The minimum Gasteiger partial charge on any atom is -0.508 e. The van der Waals surface area contributed by atoms with Gasteiger partial charge in [-0.15, -0.1) is 0 Å². The van der Waals surface area contributed by atoms with Gasteiger partial charge in [-0.25, -0.2) is 0 Å². The first kappa shape index (κ1) is 12.2. The lowest BCUT2D eigenvalue weighted by Crippen LogP contribution is -1.85. The molecule has 0 spiro atoms. The van der Waals surface area contributed by atoms with Gasteiger partial charge >= 0.3 is 0 Å². The van der Waals surface area contributed by atoms with Crippen molar-refractivity contribution in [2.45, 2.75) is 6.42 Å².